The van der Waals surface area contributed by atoms with Gasteiger partial charge in [-0.2, -0.15) is 5.48 Å². The maximum absolute atomic E-state index is 12.2. The minimum Gasteiger partial charge on any atom is -0.496 e. The molecule has 4 atom stereocenters. The Bertz CT molecular complexity index is 914. The van der Waals surface area contributed by atoms with Gasteiger partial charge in [-0.3, -0.25) is 9.63 Å². The number of methoxy groups -OCH3 is 2. The first-order chi connectivity index (χ1) is 16.3. The number of carboxylic acid groups (broad SMARTS) is 1. The molecule has 0 amide bonds. The fraction of sp³-hybridized carbons (Fsp3) is 0.615. The molecule has 0 spiro atoms. The van der Waals surface area contributed by atoms with Crippen LogP contribution in [-0.4, -0.2) is 60.1 Å². The van der Waals surface area contributed by atoms with Crippen LogP contribution in [0.5, 0.6) is 5.75 Å². The van der Waals surface area contributed by atoms with Crippen molar-refractivity contribution in [3.05, 3.63) is 34.9 Å². The number of esters is 1. The number of hydrogen-bond acceptors (Lipinski definition) is 8. The first-order valence-corrected chi connectivity index (χ1v) is 11.6. The van der Waals surface area contributed by atoms with E-state index in [4.69, 9.17) is 14.3 Å². The monoisotopic (exact) mass is 493 g/mol. The summed E-state index contributed by atoms with van der Waals surface area (Å²) in [4.78, 5) is 41.0. The SMILES string of the molecule is COC(=O)c1cccc(C[C@@H](C[C@H](NOC(C)(C)C)[C@@H](O)C(=C=O)[C@@H](C)C(=O)O)C(C)C)c1OC. The van der Waals surface area contributed by atoms with Crippen LogP contribution in [0, 0.1) is 17.8 Å². The van der Waals surface area contributed by atoms with Gasteiger partial charge < -0.3 is 19.7 Å². The molecule has 0 unspecified atom stereocenters. The summed E-state index contributed by atoms with van der Waals surface area (Å²) in [6.07, 6.45) is -0.621. The Morgan fingerprint density at radius 2 is 1.77 bits per heavy atom. The number of carbonyl (C=O) groups excluding carboxylic acids is 2. The van der Waals surface area contributed by atoms with E-state index in [2.05, 4.69) is 5.48 Å². The van der Waals surface area contributed by atoms with Gasteiger partial charge in [0.1, 0.15) is 23.4 Å². The first kappa shape index (κ1) is 30.3. The molecule has 0 aliphatic heterocycles. The van der Waals surface area contributed by atoms with E-state index in [1.165, 1.54) is 21.1 Å². The minimum absolute atomic E-state index is 0.0689. The Morgan fingerprint density at radius 3 is 2.23 bits per heavy atom. The molecule has 0 aliphatic carbocycles. The van der Waals surface area contributed by atoms with Gasteiger partial charge >= 0.3 is 11.9 Å². The lowest BCUT2D eigenvalue weighted by atomic mass is 9.81. The van der Waals surface area contributed by atoms with Crippen LogP contribution in [0.4, 0.5) is 0 Å². The van der Waals surface area contributed by atoms with Crippen molar-refractivity contribution in [3.8, 4) is 5.75 Å². The van der Waals surface area contributed by atoms with Crippen LogP contribution in [0.1, 0.15) is 63.9 Å². The summed E-state index contributed by atoms with van der Waals surface area (Å²) in [6, 6.07) is 4.43. The van der Waals surface area contributed by atoms with Gasteiger partial charge in [0.2, 0.25) is 0 Å². The van der Waals surface area contributed by atoms with Gasteiger partial charge in [-0.25, -0.2) is 9.59 Å². The van der Waals surface area contributed by atoms with Crippen molar-refractivity contribution in [2.45, 2.75) is 72.1 Å². The molecule has 1 aromatic carbocycles. The number of ether oxygens (including phenoxy) is 2. The van der Waals surface area contributed by atoms with Crippen molar-refractivity contribution in [3.63, 3.8) is 0 Å². The molecule has 0 bridgehead atoms. The van der Waals surface area contributed by atoms with Crippen LogP contribution in [0.2, 0.25) is 0 Å². The molecule has 0 aliphatic rings. The lowest BCUT2D eigenvalue weighted by molar-refractivity contribution is -0.140. The number of benzene rings is 1. The highest BCUT2D eigenvalue weighted by Crippen LogP contribution is 2.32. The number of carbonyl (C=O) groups is 2. The maximum Gasteiger partial charge on any atom is 0.341 e. The summed E-state index contributed by atoms with van der Waals surface area (Å²) in [5.41, 5.74) is 3.08. The van der Waals surface area contributed by atoms with Gasteiger partial charge in [0.15, 0.2) is 0 Å². The zero-order valence-corrected chi connectivity index (χ0v) is 21.9. The van der Waals surface area contributed by atoms with Crippen molar-refractivity contribution < 1.29 is 38.9 Å². The lowest BCUT2D eigenvalue weighted by Gasteiger charge is -2.33. The molecule has 0 saturated heterocycles. The van der Waals surface area contributed by atoms with Gasteiger partial charge in [-0.05, 0) is 64.0 Å². The van der Waals surface area contributed by atoms with Gasteiger partial charge in [0.25, 0.3) is 0 Å². The summed E-state index contributed by atoms with van der Waals surface area (Å²) in [7, 11) is 2.78. The van der Waals surface area contributed by atoms with Gasteiger partial charge in [-0.1, -0.05) is 26.0 Å². The van der Waals surface area contributed by atoms with Gasteiger partial charge in [-0.15, -0.1) is 0 Å². The number of hydroxylamine groups is 1. The average Bonchev–Trinajstić information content (AvgIpc) is 2.79. The Hall–Kier alpha value is -2.71. The van der Waals surface area contributed by atoms with Crippen LogP contribution in [0.25, 0.3) is 0 Å². The third-order valence-electron chi connectivity index (χ3n) is 5.86. The molecular weight excluding hydrogens is 454 g/mol. The van der Waals surface area contributed by atoms with Crippen molar-refractivity contribution in [1.82, 2.24) is 5.48 Å². The van der Waals surface area contributed by atoms with E-state index in [1.54, 1.807) is 18.1 Å². The first-order valence-electron chi connectivity index (χ1n) is 11.6. The standard InChI is InChI=1S/C26H39NO8/c1-15(2)18(12-17-10-9-11-19(23(17)33-7)25(32)34-8)13-21(27-35-26(4,5)6)22(29)20(14-28)16(3)24(30)31/h9-11,15-16,18,21-22,27,29H,12-13H2,1-8H3,(H,30,31)/t16-,18+,21+,22+/m1/s1. The largest absolute Gasteiger partial charge is 0.496 e. The van der Waals surface area contributed by atoms with Crippen LogP contribution in [0.15, 0.2) is 23.8 Å². The number of nitrogens with one attached hydrogen (secondary N) is 1. The highest BCUT2D eigenvalue weighted by Gasteiger charge is 2.34. The van der Waals surface area contributed by atoms with Crippen molar-refractivity contribution in [1.29, 1.82) is 0 Å². The number of aliphatic hydroxyl groups is 1. The molecular formula is C26H39NO8. The summed E-state index contributed by atoms with van der Waals surface area (Å²) in [5.74, 6) is -0.871. The highest BCUT2D eigenvalue weighted by molar-refractivity contribution is 5.93. The molecule has 0 fully saturated rings. The molecule has 1 aromatic rings. The fourth-order valence-electron chi connectivity index (χ4n) is 3.71. The van der Waals surface area contributed by atoms with Gasteiger partial charge in [0.05, 0.1) is 37.4 Å². The van der Waals surface area contributed by atoms with E-state index in [-0.39, 0.29) is 17.4 Å². The van der Waals surface area contributed by atoms with Crippen LogP contribution >= 0.6 is 0 Å². The zero-order valence-electron chi connectivity index (χ0n) is 21.9. The van der Waals surface area contributed by atoms with Crippen LogP contribution < -0.4 is 10.2 Å². The molecule has 196 valence electrons. The quantitative estimate of drug-likeness (QED) is 0.215. The smallest absolute Gasteiger partial charge is 0.341 e. The van der Waals surface area contributed by atoms with Gasteiger partial charge in [0, 0.05) is 0 Å². The molecule has 0 heterocycles. The third-order valence-corrected chi connectivity index (χ3v) is 5.86. The van der Waals surface area contributed by atoms with E-state index < -0.39 is 35.6 Å². The van der Waals surface area contributed by atoms with Crippen molar-refractivity contribution in [2.24, 2.45) is 17.8 Å². The second-order valence-corrected chi connectivity index (χ2v) is 9.93. The molecule has 0 aromatic heterocycles. The molecule has 9 heteroatoms. The Morgan fingerprint density at radius 1 is 1.14 bits per heavy atom. The number of aliphatic carboxylic acids is 1. The summed E-state index contributed by atoms with van der Waals surface area (Å²) in [5, 5.41) is 20.4. The molecule has 1 rings (SSSR count). The lowest BCUT2D eigenvalue weighted by Crippen LogP contribution is -2.47. The predicted molar refractivity (Wildman–Crippen MR) is 131 cm³/mol. The van der Waals surface area contributed by atoms with E-state index in [0.29, 0.717) is 24.2 Å². The molecule has 0 saturated carbocycles. The zero-order chi connectivity index (χ0) is 26.9. The second kappa shape index (κ2) is 13.4. The minimum atomic E-state index is -1.44. The summed E-state index contributed by atoms with van der Waals surface area (Å²) in [6.45, 7) is 10.8. The summed E-state index contributed by atoms with van der Waals surface area (Å²) >= 11 is 0. The van der Waals surface area contributed by atoms with Crippen molar-refractivity contribution >= 4 is 17.9 Å². The summed E-state index contributed by atoms with van der Waals surface area (Å²) < 4.78 is 10.4. The predicted octanol–water partition coefficient (Wildman–Crippen LogP) is 3.21. The topological polar surface area (TPSA) is 131 Å². The van der Waals surface area contributed by atoms with Crippen LogP contribution in [-0.2, 0) is 25.6 Å². The third kappa shape index (κ3) is 8.78. The van der Waals surface area contributed by atoms with E-state index in [9.17, 15) is 24.6 Å². The normalized spacial score (nSPS) is 15.0. The number of rotatable bonds is 13. The maximum atomic E-state index is 12.2. The van der Waals surface area contributed by atoms with E-state index >= 15 is 0 Å². The second-order valence-electron chi connectivity index (χ2n) is 9.93. The fourth-order valence-corrected chi connectivity index (χ4v) is 3.71. The number of para-hydroxylation sites is 1. The van der Waals surface area contributed by atoms with Crippen LogP contribution in [0.3, 0.4) is 0 Å². The molecule has 9 nitrogen and oxygen atoms in total. The molecule has 0 radical (unpaired) electrons. The molecule has 35 heavy (non-hydrogen) atoms. The van der Waals surface area contributed by atoms with Crippen molar-refractivity contribution in [2.75, 3.05) is 14.2 Å². The number of carboxylic acids is 1. The number of hydrogen-bond donors (Lipinski definition) is 3. The van der Waals surface area contributed by atoms with E-state index in [1.807, 2.05) is 40.7 Å². The number of aliphatic hydroxyl groups excluding tert-OH is 1. The van der Waals surface area contributed by atoms with E-state index in [0.717, 1.165) is 5.56 Å². The Kier molecular flexibility index (Phi) is 11.6. The Labute approximate surface area is 207 Å². The average molecular weight is 494 g/mol. The Balaban J connectivity index is 3.35. The molecule has 3 N–H and O–H groups in total. The highest BCUT2D eigenvalue weighted by atomic mass is 16.7.